The van der Waals surface area contributed by atoms with Gasteiger partial charge in [-0.2, -0.15) is 0 Å². The van der Waals surface area contributed by atoms with Crippen molar-refractivity contribution in [1.82, 2.24) is 0 Å². The Kier molecular flexibility index (Phi) is 6.19. The first-order valence-corrected chi connectivity index (χ1v) is 5.74. The fourth-order valence-electron chi connectivity index (χ4n) is 1.58. The molecule has 0 aliphatic rings. The number of halogens is 3. The number of carboxylic acids is 1. The number of aliphatic carboxylic acids is 1. The standard InChI is InChI=1S/C9H15Cl3O2/c1-3-6(5-9(10,11)12)7(4-2)8(13)14/h6-7H,3-5H2,1-2H3,(H,13,14)/t6-,7-/m0/s1. The molecule has 0 spiro atoms. The largest absolute Gasteiger partial charge is 0.481 e. The van der Waals surface area contributed by atoms with Gasteiger partial charge in [0.1, 0.15) is 0 Å². The maximum Gasteiger partial charge on any atom is 0.306 e. The fraction of sp³-hybridized carbons (Fsp3) is 0.889. The molecule has 0 amide bonds. The van der Waals surface area contributed by atoms with Crippen LogP contribution in [-0.2, 0) is 4.79 Å². The van der Waals surface area contributed by atoms with Gasteiger partial charge in [0, 0.05) is 0 Å². The Balaban J connectivity index is 4.45. The third-order valence-corrected chi connectivity index (χ3v) is 2.81. The van der Waals surface area contributed by atoms with E-state index in [-0.39, 0.29) is 5.92 Å². The zero-order chi connectivity index (χ0) is 11.4. The van der Waals surface area contributed by atoms with Crippen molar-refractivity contribution in [2.75, 3.05) is 0 Å². The highest BCUT2D eigenvalue weighted by Crippen LogP contribution is 2.38. The van der Waals surface area contributed by atoms with Gasteiger partial charge in [-0.3, -0.25) is 4.79 Å². The van der Waals surface area contributed by atoms with E-state index in [1.54, 1.807) is 0 Å². The third-order valence-electron chi connectivity index (χ3n) is 2.34. The van der Waals surface area contributed by atoms with Crippen molar-refractivity contribution >= 4 is 40.8 Å². The quantitative estimate of drug-likeness (QED) is 0.763. The van der Waals surface area contributed by atoms with E-state index in [2.05, 4.69) is 0 Å². The highest BCUT2D eigenvalue weighted by atomic mass is 35.6. The Morgan fingerprint density at radius 3 is 2.00 bits per heavy atom. The molecule has 0 aromatic carbocycles. The second-order valence-electron chi connectivity index (χ2n) is 3.34. The molecular formula is C9H15Cl3O2. The number of carboxylic acid groups (broad SMARTS) is 1. The van der Waals surface area contributed by atoms with Crippen LogP contribution in [0.25, 0.3) is 0 Å². The summed E-state index contributed by atoms with van der Waals surface area (Å²) in [5.41, 5.74) is 0. The average molecular weight is 262 g/mol. The van der Waals surface area contributed by atoms with Crippen molar-refractivity contribution in [3.05, 3.63) is 0 Å². The molecule has 14 heavy (non-hydrogen) atoms. The smallest absolute Gasteiger partial charge is 0.306 e. The molecule has 0 aliphatic carbocycles. The Hall–Kier alpha value is 0.340. The fourth-order valence-corrected chi connectivity index (χ4v) is 2.17. The van der Waals surface area contributed by atoms with E-state index in [9.17, 15) is 4.79 Å². The summed E-state index contributed by atoms with van der Waals surface area (Å²) < 4.78 is -1.36. The second-order valence-corrected chi connectivity index (χ2v) is 5.86. The van der Waals surface area contributed by atoms with Gasteiger partial charge in [0.2, 0.25) is 0 Å². The van der Waals surface area contributed by atoms with Gasteiger partial charge in [-0.1, -0.05) is 55.1 Å². The summed E-state index contributed by atoms with van der Waals surface area (Å²) in [7, 11) is 0. The predicted octanol–water partition coefficient (Wildman–Crippen LogP) is 3.88. The Bertz CT molecular complexity index is 189. The number of alkyl halides is 3. The lowest BCUT2D eigenvalue weighted by Gasteiger charge is -2.24. The Labute approximate surface area is 99.5 Å². The van der Waals surface area contributed by atoms with Crippen molar-refractivity contribution in [2.24, 2.45) is 11.8 Å². The molecule has 0 aromatic heterocycles. The van der Waals surface area contributed by atoms with Crippen LogP contribution < -0.4 is 0 Å². The van der Waals surface area contributed by atoms with Gasteiger partial charge in [-0.15, -0.1) is 0 Å². The van der Waals surface area contributed by atoms with Gasteiger partial charge in [0.15, 0.2) is 3.79 Å². The molecule has 2 atom stereocenters. The average Bonchev–Trinajstić information content (AvgIpc) is 2.00. The molecule has 5 heteroatoms. The number of carbonyl (C=O) groups is 1. The van der Waals surface area contributed by atoms with Crippen LogP contribution in [0.5, 0.6) is 0 Å². The summed E-state index contributed by atoms with van der Waals surface area (Å²) in [4.78, 5) is 10.9. The normalized spacial score (nSPS) is 16.4. The van der Waals surface area contributed by atoms with Crippen LogP contribution in [0.3, 0.4) is 0 Å². The second kappa shape index (κ2) is 6.04. The van der Waals surface area contributed by atoms with Crippen LogP contribution in [0.4, 0.5) is 0 Å². The molecule has 0 saturated carbocycles. The molecule has 0 radical (unpaired) electrons. The van der Waals surface area contributed by atoms with E-state index in [1.807, 2.05) is 13.8 Å². The van der Waals surface area contributed by atoms with E-state index < -0.39 is 15.7 Å². The molecule has 2 nitrogen and oxygen atoms in total. The summed E-state index contributed by atoms with van der Waals surface area (Å²) in [6.45, 7) is 3.74. The SMILES string of the molecule is CC[C@@H](CC(Cl)(Cl)Cl)[C@H](CC)C(=O)O. The topological polar surface area (TPSA) is 37.3 Å². The molecule has 0 heterocycles. The molecule has 0 aliphatic heterocycles. The maximum absolute atomic E-state index is 10.9. The molecule has 0 unspecified atom stereocenters. The zero-order valence-corrected chi connectivity index (χ0v) is 10.5. The van der Waals surface area contributed by atoms with E-state index >= 15 is 0 Å². The van der Waals surface area contributed by atoms with Crippen molar-refractivity contribution in [3.8, 4) is 0 Å². The number of hydrogen-bond donors (Lipinski definition) is 1. The lowest BCUT2D eigenvalue weighted by Crippen LogP contribution is -2.26. The van der Waals surface area contributed by atoms with Crippen LogP contribution in [0, 0.1) is 11.8 Å². The van der Waals surface area contributed by atoms with E-state index in [0.717, 1.165) is 0 Å². The van der Waals surface area contributed by atoms with E-state index in [0.29, 0.717) is 19.3 Å². The lowest BCUT2D eigenvalue weighted by molar-refractivity contribution is -0.144. The van der Waals surface area contributed by atoms with Gasteiger partial charge in [-0.05, 0) is 18.8 Å². The molecule has 0 aromatic rings. The summed E-state index contributed by atoms with van der Waals surface area (Å²) in [6.07, 6.45) is 1.56. The van der Waals surface area contributed by atoms with Crippen LogP contribution in [0.1, 0.15) is 33.1 Å². The first-order valence-electron chi connectivity index (χ1n) is 4.61. The predicted molar refractivity (Wildman–Crippen MR) is 60.1 cm³/mol. The number of rotatable bonds is 5. The molecule has 1 N–H and O–H groups in total. The van der Waals surface area contributed by atoms with Gasteiger partial charge >= 0.3 is 5.97 Å². The lowest BCUT2D eigenvalue weighted by atomic mass is 9.86. The summed E-state index contributed by atoms with van der Waals surface area (Å²) in [5, 5.41) is 8.94. The van der Waals surface area contributed by atoms with E-state index in [1.165, 1.54) is 0 Å². The van der Waals surface area contributed by atoms with Crippen molar-refractivity contribution in [2.45, 2.75) is 36.9 Å². The first kappa shape index (κ1) is 14.3. The van der Waals surface area contributed by atoms with Crippen molar-refractivity contribution < 1.29 is 9.90 Å². The molecule has 0 bridgehead atoms. The monoisotopic (exact) mass is 260 g/mol. The summed E-state index contributed by atoms with van der Waals surface area (Å²) in [6, 6.07) is 0. The Morgan fingerprint density at radius 1 is 1.29 bits per heavy atom. The highest BCUT2D eigenvalue weighted by Gasteiger charge is 2.32. The molecule has 0 saturated heterocycles. The van der Waals surface area contributed by atoms with Crippen molar-refractivity contribution in [1.29, 1.82) is 0 Å². The van der Waals surface area contributed by atoms with E-state index in [4.69, 9.17) is 39.9 Å². The van der Waals surface area contributed by atoms with Gasteiger partial charge in [0.25, 0.3) is 0 Å². The Morgan fingerprint density at radius 2 is 1.79 bits per heavy atom. The molecular weight excluding hydrogens is 246 g/mol. The van der Waals surface area contributed by atoms with Crippen LogP contribution in [0.15, 0.2) is 0 Å². The summed E-state index contributed by atoms with van der Waals surface area (Å²) >= 11 is 17.0. The zero-order valence-electron chi connectivity index (χ0n) is 8.27. The van der Waals surface area contributed by atoms with Crippen molar-refractivity contribution in [3.63, 3.8) is 0 Å². The van der Waals surface area contributed by atoms with Crippen LogP contribution >= 0.6 is 34.8 Å². The minimum atomic E-state index is -1.36. The molecule has 0 fully saturated rings. The number of hydrogen-bond acceptors (Lipinski definition) is 1. The van der Waals surface area contributed by atoms with Gasteiger partial charge in [-0.25, -0.2) is 0 Å². The van der Waals surface area contributed by atoms with Gasteiger partial charge < -0.3 is 5.11 Å². The third kappa shape index (κ3) is 5.28. The first-order chi connectivity index (χ1) is 6.31. The minimum Gasteiger partial charge on any atom is -0.481 e. The maximum atomic E-state index is 10.9. The minimum absolute atomic E-state index is 0.0787. The molecule has 84 valence electrons. The van der Waals surface area contributed by atoms with Gasteiger partial charge in [0.05, 0.1) is 5.92 Å². The molecule has 0 rings (SSSR count). The van der Waals surface area contributed by atoms with Crippen LogP contribution in [-0.4, -0.2) is 14.9 Å². The van der Waals surface area contributed by atoms with Crippen LogP contribution in [0.2, 0.25) is 0 Å². The highest BCUT2D eigenvalue weighted by molar-refractivity contribution is 6.67. The summed E-state index contributed by atoms with van der Waals surface area (Å²) in [5.74, 6) is -1.31.